The maximum absolute atomic E-state index is 10.7. The number of hydrogen-bond donors (Lipinski definition) is 0. The Labute approximate surface area is 70.2 Å². The van der Waals surface area contributed by atoms with E-state index in [-0.39, 0.29) is 11.3 Å². The summed E-state index contributed by atoms with van der Waals surface area (Å²) in [4.78, 5) is 10.7. The summed E-state index contributed by atoms with van der Waals surface area (Å²) >= 11 is 0. The largest absolute Gasteiger partial charge is 0.303 e. The molecule has 0 aromatic rings. The Balaban J connectivity index is 4.10. The van der Waals surface area contributed by atoms with Gasteiger partial charge >= 0.3 is 0 Å². The van der Waals surface area contributed by atoms with Gasteiger partial charge in [-0.1, -0.05) is 40.5 Å². The van der Waals surface area contributed by atoms with Crippen LogP contribution in [0.4, 0.5) is 0 Å². The standard InChI is InChI=1S/C10H20O/c1-5-7-9(8-11)10(3,4)6-2/h8-9H,5-7H2,1-4H3. The molecular weight excluding hydrogens is 136 g/mol. The quantitative estimate of drug-likeness (QED) is 0.559. The van der Waals surface area contributed by atoms with E-state index < -0.39 is 0 Å². The second-order valence-corrected chi connectivity index (χ2v) is 3.87. The minimum absolute atomic E-state index is 0.192. The minimum Gasteiger partial charge on any atom is -0.303 e. The lowest BCUT2D eigenvalue weighted by Crippen LogP contribution is -2.24. The molecule has 1 atom stereocenters. The predicted molar refractivity (Wildman–Crippen MR) is 48.5 cm³/mol. The molecule has 1 nitrogen and oxygen atoms in total. The average Bonchev–Trinajstić information content (AvgIpc) is 2.00. The van der Waals surface area contributed by atoms with E-state index in [1.165, 1.54) is 0 Å². The fourth-order valence-electron chi connectivity index (χ4n) is 1.22. The SMILES string of the molecule is CCCC(C=O)C(C)(C)CC. The highest BCUT2D eigenvalue weighted by molar-refractivity contribution is 5.54. The molecule has 1 unspecified atom stereocenters. The maximum Gasteiger partial charge on any atom is 0.123 e. The molecule has 0 bridgehead atoms. The Hall–Kier alpha value is -0.330. The average molecular weight is 156 g/mol. The molecule has 0 aromatic carbocycles. The number of rotatable bonds is 5. The smallest absolute Gasteiger partial charge is 0.123 e. The molecule has 0 spiro atoms. The van der Waals surface area contributed by atoms with Crippen molar-refractivity contribution in [2.24, 2.45) is 11.3 Å². The number of carbonyl (C=O) groups is 1. The van der Waals surface area contributed by atoms with Crippen LogP contribution in [0, 0.1) is 11.3 Å². The van der Waals surface area contributed by atoms with E-state index in [9.17, 15) is 4.79 Å². The zero-order valence-corrected chi connectivity index (χ0v) is 8.18. The molecule has 0 aliphatic rings. The van der Waals surface area contributed by atoms with Gasteiger partial charge in [-0.25, -0.2) is 0 Å². The van der Waals surface area contributed by atoms with Crippen LogP contribution in [-0.2, 0) is 4.79 Å². The van der Waals surface area contributed by atoms with Crippen LogP contribution in [0.15, 0.2) is 0 Å². The van der Waals surface area contributed by atoms with Gasteiger partial charge < -0.3 is 4.79 Å². The molecule has 0 heterocycles. The Bertz CT molecular complexity index is 116. The Morgan fingerprint density at radius 1 is 1.36 bits per heavy atom. The van der Waals surface area contributed by atoms with Crippen LogP contribution < -0.4 is 0 Å². The fraction of sp³-hybridized carbons (Fsp3) is 0.900. The van der Waals surface area contributed by atoms with Crippen LogP contribution in [0.5, 0.6) is 0 Å². The topological polar surface area (TPSA) is 17.1 Å². The van der Waals surface area contributed by atoms with E-state index in [1.807, 2.05) is 0 Å². The van der Waals surface area contributed by atoms with E-state index in [4.69, 9.17) is 0 Å². The van der Waals surface area contributed by atoms with Gasteiger partial charge in [0, 0.05) is 5.92 Å². The third-order valence-electron chi connectivity index (χ3n) is 2.68. The van der Waals surface area contributed by atoms with E-state index in [0.29, 0.717) is 0 Å². The zero-order chi connectivity index (χ0) is 8.91. The van der Waals surface area contributed by atoms with Gasteiger partial charge in [0.1, 0.15) is 6.29 Å². The maximum atomic E-state index is 10.7. The summed E-state index contributed by atoms with van der Waals surface area (Å²) in [5.74, 6) is 0.248. The summed E-state index contributed by atoms with van der Waals surface area (Å²) in [6.45, 7) is 8.61. The normalized spacial score (nSPS) is 14.5. The van der Waals surface area contributed by atoms with Crippen molar-refractivity contribution in [1.82, 2.24) is 0 Å². The van der Waals surface area contributed by atoms with E-state index in [2.05, 4.69) is 27.7 Å². The summed E-state index contributed by atoms with van der Waals surface area (Å²) in [6, 6.07) is 0. The lowest BCUT2D eigenvalue weighted by Gasteiger charge is -2.28. The second-order valence-electron chi connectivity index (χ2n) is 3.87. The second kappa shape index (κ2) is 4.53. The number of aldehydes is 1. The zero-order valence-electron chi connectivity index (χ0n) is 8.18. The van der Waals surface area contributed by atoms with Crippen molar-refractivity contribution in [3.05, 3.63) is 0 Å². The van der Waals surface area contributed by atoms with Crippen molar-refractivity contribution in [2.45, 2.75) is 47.0 Å². The first kappa shape index (κ1) is 10.7. The molecule has 0 N–H and O–H groups in total. The van der Waals surface area contributed by atoms with Gasteiger partial charge in [0.25, 0.3) is 0 Å². The molecule has 0 aliphatic heterocycles. The van der Waals surface area contributed by atoms with Crippen LogP contribution in [0.3, 0.4) is 0 Å². The van der Waals surface area contributed by atoms with E-state index in [0.717, 1.165) is 25.5 Å². The first-order chi connectivity index (χ1) is 5.08. The van der Waals surface area contributed by atoms with Gasteiger partial charge in [-0.15, -0.1) is 0 Å². The van der Waals surface area contributed by atoms with Gasteiger partial charge in [-0.3, -0.25) is 0 Å². The van der Waals surface area contributed by atoms with Crippen molar-refractivity contribution < 1.29 is 4.79 Å². The highest BCUT2D eigenvalue weighted by atomic mass is 16.1. The third-order valence-corrected chi connectivity index (χ3v) is 2.68. The van der Waals surface area contributed by atoms with Gasteiger partial charge in [0.2, 0.25) is 0 Å². The summed E-state index contributed by atoms with van der Waals surface area (Å²) in [5.41, 5.74) is 0.192. The van der Waals surface area contributed by atoms with Crippen molar-refractivity contribution >= 4 is 6.29 Å². The molecule has 11 heavy (non-hydrogen) atoms. The van der Waals surface area contributed by atoms with Crippen molar-refractivity contribution in [2.75, 3.05) is 0 Å². The predicted octanol–water partition coefficient (Wildman–Crippen LogP) is 3.04. The minimum atomic E-state index is 0.192. The van der Waals surface area contributed by atoms with Gasteiger partial charge in [-0.2, -0.15) is 0 Å². The van der Waals surface area contributed by atoms with E-state index in [1.54, 1.807) is 0 Å². The molecule has 1 heteroatoms. The lowest BCUT2D eigenvalue weighted by atomic mass is 9.75. The van der Waals surface area contributed by atoms with Crippen molar-refractivity contribution in [1.29, 1.82) is 0 Å². The van der Waals surface area contributed by atoms with Crippen LogP contribution in [0.2, 0.25) is 0 Å². The summed E-state index contributed by atoms with van der Waals surface area (Å²) < 4.78 is 0. The first-order valence-electron chi connectivity index (χ1n) is 4.53. The molecule has 0 radical (unpaired) electrons. The Morgan fingerprint density at radius 3 is 2.18 bits per heavy atom. The highest BCUT2D eigenvalue weighted by Gasteiger charge is 2.25. The first-order valence-corrected chi connectivity index (χ1v) is 4.53. The van der Waals surface area contributed by atoms with Crippen LogP contribution >= 0.6 is 0 Å². The molecule has 0 fully saturated rings. The molecule has 0 aromatic heterocycles. The van der Waals surface area contributed by atoms with Crippen LogP contribution in [0.1, 0.15) is 47.0 Å². The fourth-order valence-corrected chi connectivity index (χ4v) is 1.22. The van der Waals surface area contributed by atoms with Gasteiger partial charge in [0.15, 0.2) is 0 Å². The molecule has 0 rings (SSSR count). The van der Waals surface area contributed by atoms with E-state index >= 15 is 0 Å². The lowest BCUT2D eigenvalue weighted by molar-refractivity contribution is -0.114. The Morgan fingerprint density at radius 2 is 1.91 bits per heavy atom. The highest BCUT2D eigenvalue weighted by Crippen LogP contribution is 2.31. The number of carbonyl (C=O) groups excluding carboxylic acids is 1. The molecule has 0 saturated carbocycles. The number of hydrogen-bond acceptors (Lipinski definition) is 1. The molecule has 0 amide bonds. The molecular formula is C10H20O. The van der Waals surface area contributed by atoms with Crippen molar-refractivity contribution in [3.8, 4) is 0 Å². The summed E-state index contributed by atoms with van der Waals surface area (Å²) in [7, 11) is 0. The van der Waals surface area contributed by atoms with Gasteiger partial charge in [0.05, 0.1) is 0 Å². The van der Waals surface area contributed by atoms with Crippen molar-refractivity contribution in [3.63, 3.8) is 0 Å². The summed E-state index contributed by atoms with van der Waals surface area (Å²) in [6.07, 6.45) is 4.33. The van der Waals surface area contributed by atoms with Crippen LogP contribution in [0.25, 0.3) is 0 Å². The summed E-state index contributed by atoms with van der Waals surface area (Å²) in [5, 5.41) is 0. The molecule has 0 saturated heterocycles. The van der Waals surface area contributed by atoms with Gasteiger partial charge in [-0.05, 0) is 11.8 Å². The molecule has 0 aliphatic carbocycles. The Kier molecular flexibility index (Phi) is 4.39. The third kappa shape index (κ3) is 3.04. The molecule has 66 valence electrons. The monoisotopic (exact) mass is 156 g/mol. The van der Waals surface area contributed by atoms with Crippen LogP contribution in [-0.4, -0.2) is 6.29 Å².